The third kappa shape index (κ3) is 5.55. The van der Waals surface area contributed by atoms with Crippen LogP contribution < -0.4 is 10.6 Å². The Hall–Kier alpha value is -4.05. The number of carboxylic acid groups (broad SMARTS) is 1. The molecule has 0 saturated carbocycles. The van der Waals surface area contributed by atoms with Gasteiger partial charge >= 0.3 is 12.1 Å². The minimum atomic E-state index is -1.28. The second-order valence-electron chi connectivity index (χ2n) is 7.21. The predicted octanol–water partition coefficient (Wildman–Crippen LogP) is 3.06. The Labute approximate surface area is 186 Å². The van der Waals surface area contributed by atoms with Crippen LogP contribution in [0, 0.1) is 11.8 Å². The molecule has 7 nitrogen and oxygen atoms in total. The van der Waals surface area contributed by atoms with E-state index in [9.17, 15) is 14.4 Å². The molecule has 0 heterocycles. The average molecular weight is 432 g/mol. The summed E-state index contributed by atoms with van der Waals surface area (Å²) < 4.78 is 5.50. The Kier molecular flexibility index (Phi) is 7.65. The molecule has 1 aliphatic carbocycles. The maximum absolute atomic E-state index is 12.5. The number of alkyl carbamates (subject to hydrolysis) is 1. The molecule has 0 aromatic heterocycles. The largest absolute Gasteiger partial charge is 0.472 e. The van der Waals surface area contributed by atoms with Crippen LogP contribution in [0.1, 0.15) is 29.9 Å². The van der Waals surface area contributed by atoms with Gasteiger partial charge in [-0.05, 0) is 35.1 Å². The number of aliphatic carboxylic acids is 1. The molecule has 7 heteroatoms. The topological polar surface area (TPSA) is 105 Å². The molecule has 32 heavy (non-hydrogen) atoms. The molecule has 3 rings (SSSR count). The number of hydrogen-bond donors (Lipinski definition) is 3. The maximum Gasteiger partial charge on any atom is 0.407 e. The molecule has 164 valence electrons. The van der Waals surface area contributed by atoms with Crippen LogP contribution in [-0.4, -0.2) is 42.3 Å². The SMILES string of the molecule is C=CCCC(NC(=O)OCC1c2ccccc2-c2ccccc21)C(=O)NCC#CC(=O)O. The highest BCUT2D eigenvalue weighted by atomic mass is 16.5. The van der Waals surface area contributed by atoms with Crippen molar-refractivity contribution in [2.24, 2.45) is 0 Å². The Bertz CT molecular complexity index is 1040. The number of hydrogen-bond acceptors (Lipinski definition) is 4. The van der Waals surface area contributed by atoms with E-state index in [1.807, 2.05) is 42.3 Å². The normalized spacial score (nSPS) is 12.4. The fraction of sp³-hybridized carbons (Fsp3) is 0.240. The van der Waals surface area contributed by atoms with Crippen LogP contribution in [0.3, 0.4) is 0 Å². The Balaban J connectivity index is 1.62. The maximum atomic E-state index is 12.5. The lowest BCUT2D eigenvalue weighted by Gasteiger charge is -2.19. The summed E-state index contributed by atoms with van der Waals surface area (Å²) in [6.45, 7) is 3.64. The van der Waals surface area contributed by atoms with Crippen molar-refractivity contribution in [1.82, 2.24) is 10.6 Å². The highest BCUT2D eigenvalue weighted by Gasteiger charge is 2.29. The van der Waals surface area contributed by atoms with Crippen molar-refractivity contribution >= 4 is 18.0 Å². The standard InChI is InChI=1S/C25H24N2O5/c1-2-3-13-22(24(30)26-15-8-14-23(28)29)27-25(31)32-16-21-19-11-6-4-9-17(19)18-10-5-7-12-20(18)21/h2,4-7,9-12,21-22H,1,3,13,15-16H2,(H,26,30)(H,27,31)(H,28,29). The minimum absolute atomic E-state index is 0.0834. The molecule has 1 unspecified atom stereocenters. The smallest absolute Gasteiger partial charge is 0.407 e. The van der Waals surface area contributed by atoms with Gasteiger partial charge < -0.3 is 20.5 Å². The van der Waals surface area contributed by atoms with Gasteiger partial charge in [-0.3, -0.25) is 4.79 Å². The Morgan fingerprint density at radius 3 is 2.31 bits per heavy atom. The second-order valence-corrected chi connectivity index (χ2v) is 7.21. The molecular formula is C25H24N2O5. The summed E-state index contributed by atoms with van der Waals surface area (Å²) in [4.78, 5) is 35.3. The van der Waals surface area contributed by atoms with Crippen LogP contribution in [0.5, 0.6) is 0 Å². The summed E-state index contributed by atoms with van der Waals surface area (Å²) in [7, 11) is 0. The van der Waals surface area contributed by atoms with Crippen molar-refractivity contribution in [3.8, 4) is 23.0 Å². The Morgan fingerprint density at radius 1 is 1.09 bits per heavy atom. The Morgan fingerprint density at radius 2 is 1.72 bits per heavy atom. The molecular weight excluding hydrogens is 408 g/mol. The zero-order valence-electron chi connectivity index (χ0n) is 17.5. The van der Waals surface area contributed by atoms with Gasteiger partial charge in [0.15, 0.2) is 0 Å². The summed E-state index contributed by atoms with van der Waals surface area (Å²) >= 11 is 0. The molecule has 0 aliphatic heterocycles. The van der Waals surface area contributed by atoms with Gasteiger partial charge in [-0.1, -0.05) is 60.5 Å². The van der Waals surface area contributed by atoms with Crippen molar-refractivity contribution in [3.63, 3.8) is 0 Å². The van der Waals surface area contributed by atoms with Crippen LogP contribution in [0.25, 0.3) is 11.1 Å². The van der Waals surface area contributed by atoms with E-state index in [2.05, 4.69) is 35.3 Å². The fourth-order valence-corrected chi connectivity index (χ4v) is 3.71. The molecule has 0 bridgehead atoms. The lowest BCUT2D eigenvalue weighted by Crippen LogP contribution is -2.47. The van der Waals surface area contributed by atoms with Crippen LogP contribution >= 0.6 is 0 Å². The monoisotopic (exact) mass is 432 g/mol. The molecule has 3 N–H and O–H groups in total. The molecule has 2 aromatic rings. The summed E-state index contributed by atoms with van der Waals surface area (Å²) in [6, 6.07) is 15.2. The van der Waals surface area contributed by atoms with E-state index in [4.69, 9.17) is 9.84 Å². The number of carboxylic acids is 1. The lowest BCUT2D eigenvalue weighted by atomic mass is 9.98. The van der Waals surface area contributed by atoms with E-state index in [-0.39, 0.29) is 19.1 Å². The number of benzene rings is 2. The number of fused-ring (bicyclic) bond motifs is 3. The van der Waals surface area contributed by atoms with Crippen LogP contribution in [0.4, 0.5) is 4.79 Å². The number of ether oxygens (including phenoxy) is 1. The molecule has 0 radical (unpaired) electrons. The van der Waals surface area contributed by atoms with Gasteiger partial charge in [0.25, 0.3) is 0 Å². The van der Waals surface area contributed by atoms with Gasteiger partial charge in [0.1, 0.15) is 12.6 Å². The number of carbonyl (C=O) groups excluding carboxylic acids is 2. The van der Waals surface area contributed by atoms with E-state index in [0.717, 1.165) is 22.3 Å². The van der Waals surface area contributed by atoms with Crippen molar-refractivity contribution in [3.05, 3.63) is 72.3 Å². The zero-order chi connectivity index (χ0) is 22.9. The molecule has 1 aliphatic rings. The van der Waals surface area contributed by atoms with Crippen molar-refractivity contribution in [2.45, 2.75) is 24.8 Å². The third-order valence-electron chi connectivity index (χ3n) is 5.16. The van der Waals surface area contributed by atoms with E-state index >= 15 is 0 Å². The zero-order valence-corrected chi connectivity index (χ0v) is 17.5. The first-order chi connectivity index (χ1) is 15.5. The quantitative estimate of drug-likeness (QED) is 0.439. The van der Waals surface area contributed by atoms with Gasteiger partial charge in [-0.25, -0.2) is 9.59 Å². The lowest BCUT2D eigenvalue weighted by molar-refractivity contribution is -0.130. The number of amides is 2. The molecule has 2 amide bonds. The van der Waals surface area contributed by atoms with Crippen LogP contribution in [0.15, 0.2) is 61.2 Å². The first kappa shape index (κ1) is 22.6. The molecule has 1 atom stereocenters. The van der Waals surface area contributed by atoms with Crippen molar-refractivity contribution in [1.29, 1.82) is 0 Å². The van der Waals surface area contributed by atoms with E-state index in [0.29, 0.717) is 12.8 Å². The van der Waals surface area contributed by atoms with Gasteiger partial charge in [0.05, 0.1) is 6.54 Å². The van der Waals surface area contributed by atoms with Gasteiger partial charge in [-0.2, -0.15) is 0 Å². The average Bonchev–Trinajstić information content (AvgIpc) is 3.11. The van der Waals surface area contributed by atoms with Gasteiger partial charge in [-0.15, -0.1) is 6.58 Å². The number of carbonyl (C=O) groups is 3. The van der Waals surface area contributed by atoms with Crippen LogP contribution in [-0.2, 0) is 14.3 Å². The highest BCUT2D eigenvalue weighted by molar-refractivity contribution is 5.87. The second kappa shape index (κ2) is 10.8. The molecule has 0 fully saturated rings. The van der Waals surface area contributed by atoms with E-state index < -0.39 is 24.0 Å². The number of nitrogens with one attached hydrogen (secondary N) is 2. The van der Waals surface area contributed by atoms with Gasteiger partial charge in [0.2, 0.25) is 5.91 Å². The molecule has 0 spiro atoms. The van der Waals surface area contributed by atoms with Crippen molar-refractivity contribution in [2.75, 3.05) is 13.2 Å². The molecule has 0 saturated heterocycles. The first-order valence-corrected chi connectivity index (χ1v) is 10.2. The molecule has 2 aromatic carbocycles. The summed E-state index contributed by atoms with van der Waals surface area (Å²) in [6.07, 6.45) is 1.77. The summed E-state index contributed by atoms with van der Waals surface area (Å²) in [5.41, 5.74) is 4.45. The minimum Gasteiger partial charge on any atom is -0.472 e. The predicted molar refractivity (Wildman–Crippen MR) is 120 cm³/mol. The van der Waals surface area contributed by atoms with Gasteiger partial charge in [0, 0.05) is 11.8 Å². The fourth-order valence-electron chi connectivity index (χ4n) is 3.71. The van der Waals surface area contributed by atoms with Crippen molar-refractivity contribution < 1.29 is 24.2 Å². The third-order valence-corrected chi connectivity index (χ3v) is 5.16. The van der Waals surface area contributed by atoms with E-state index in [1.54, 1.807) is 6.08 Å². The summed E-state index contributed by atoms with van der Waals surface area (Å²) in [5, 5.41) is 13.6. The van der Waals surface area contributed by atoms with E-state index in [1.165, 1.54) is 0 Å². The number of allylic oxidation sites excluding steroid dienone is 1. The summed E-state index contributed by atoms with van der Waals surface area (Å²) in [5.74, 6) is 2.40. The highest BCUT2D eigenvalue weighted by Crippen LogP contribution is 2.44. The number of rotatable bonds is 8. The van der Waals surface area contributed by atoms with Crippen LogP contribution in [0.2, 0.25) is 0 Å². The first-order valence-electron chi connectivity index (χ1n) is 10.2.